The summed E-state index contributed by atoms with van der Waals surface area (Å²) >= 11 is 1.55. The topological polar surface area (TPSA) is 67.9 Å². The highest BCUT2D eigenvalue weighted by Gasteiger charge is 2.58. The Hall–Kier alpha value is -2.74. The van der Waals surface area contributed by atoms with Crippen LogP contribution in [0, 0.1) is 5.82 Å². The number of carbonyl (C=O) groups is 2. The average Bonchev–Trinajstić information content (AvgIpc) is 3.15. The van der Waals surface area contributed by atoms with Crippen LogP contribution in [0.5, 0.6) is 11.5 Å². The first-order valence-corrected chi connectivity index (χ1v) is 10.4. The summed E-state index contributed by atoms with van der Waals surface area (Å²) in [7, 11) is 3.01. The van der Waals surface area contributed by atoms with Crippen molar-refractivity contribution in [3.05, 3.63) is 58.9 Å². The molecule has 2 aliphatic heterocycles. The molecular formula is C22H23FN2O4S. The van der Waals surface area contributed by atoms with E-state index >= 15 is 0 Å². The van der Waals surface area contributed by atoms with Gasteiger partial charge in [-0.05, 0) is 26.0 Å². The van der Waals surface area contributed by atoms with Crippen molar-refractivity contribution >= 4 is 23.6 Å². The van der Waals surface area contributed by atoms with Crippen molar-refractivity contribution in [2.45, 2.75) is 36.6 Å². The molecule has 2 heterocycles. The number of hydrogen-bond acceptors (Lipinski definition) is 5. The van der Waals surface area contributed by atoms with Crippen molar-refractivity contribution in [1.29, 1.82) is 0 Å². The summed E-state index contributed by atoms with van der Waals surface area (Å²) in [6, 6.07) is 9.21. The lowest BCUT2D eigenvalue weighted by atomic mass is 10.0. The van der Waals surface area contributed by atoms with Gasteiger partial charge in [0.05, 0.1) is 19.8 Å². The van der Waals surface area contributed by atoms with Gasteiger partial charge in [0.1, 0.15) is 17.2 Å². The van der Waals surface area contributed by atoms with Crippen LogP contribution in [0.4, 0.5) is 4.39 Å². The molecule has 1 saturated heterocycles. The molecule has 2 unspecified atom stereocenters. The van der Waals surface area contributed by atoms with Crippen LogP contribution < -0.4 is 14.8 Å². The van der Waals surface area contributed by atoms with E-state index in [0.717, 1.165) is 5.56 Å². The van der Waals surface area contributed by atoms with Gasteiger partial charge < -0.3 is 19.7 Å². The lowest BCUT2D eigenvalue weighted by Crippen LogP contribution is -2.52. The Morgan fingerprint density at radius 1 is 1.20 bits per heavy atom. The molecule has 0 aliphatic carbocycles. The first-order valence-electron chi connectivity index (χ1n) is 9.56. The zero-order valence-corrected chi connectivity index (χ0v) is 18.0. The molecule has 0 radical (unpaired) electrons. The number of halogens is 1. The maximum Gasteiger partial charge on any atom is 0.260 e. The molecule has 8 heteroatoms. The molecule has 2 aromatic rings. The van der Waals surface area contributed by atoms with Crippen molar-refractivity contribution in [3.63, 3.8) is 0 Å². The lowest BCUT2D eigenvalue weighted by molar-refractivity contribution is -0.126. The Bertz CT molecular complexity index is 1030. The van der Waals surface area contributed by atoms with Gasteiger partial charge in [0.15, 0.2) is 11.5 Å². The number of rotatable bonds is 5. The molecule has 2 aliphatic rings. The van der Waals surface area contributed by atoms with Crippen LogP contribution in [0.15, 0.2) is 36.4 Å². The van der Waals surface area contributed by atoms with Crippen LogP contribution in [0.1, 0.15) is 40.7 Å². The maximum atomic E-state index is 13.9. The minimum Gasteiger partial charge on any atom is -0.493 e. The SMILES string of the molecule is COc1ccc2c(c1OC)C(=O)N1C2SC(C)(C)C1C(=O)NCc1ccccc1F. The van der Waals surface area contributed by atoms with Crippen molar-refractivity contribution in [1.82, 2.24) is 10.2 Å². The van der Waals surface area contributed by atoms with Crippen molar-refractivity contribution < 1.29 is 23.5 Å². The molecule has 1 fully saturated rings. The van der Waals surface area contributed by atoms with Gasteiger partial charge >= 0.3 is 0 Å². The largest absolute Gasteiger partial charge is 0.493 e. The molecule has 0 bridgehead atoms. The highest BCUT2D eigenvalue weighted by Crippen LogP contribution is 2.58. The van der Waals surface area contributed by atoms with E-state index in [2.05, 4.69) is 5.32 Å². The Kier molecular flexibility index (Phi) is 5.13. The summed E-state index contributed by atoms with van der Waals surface area (Å²) in [6.07, 6.45) is 0. The molecule has 0 saturated carbocycles. The predicted molar refractivity (Wildman–Crippen MR) is 112 cm³/mol. The molecule has 30 heavy (non-hydrogen) atoms. The second-order valence-corrected chi connectivity index (χ2v) is 9.50. The molecular weight excluding hydrogens is 407 g/mol. The number of benzene rings is 2. The van der Waals surface area contributed by atoms with Crippen LogP contribution in [0.3, 0.4) is 0 Å². The number of methoxy groups -OCH3 is 2. The predicted octanol–water partition coefficient (Wildman–Crippen LogP) is 3.51. The zero-order chi connectivity index (χ0) is 21.6. The maximum absolute atomic E-state index is 13.9. The lowest BCUT2D eigenvalue weighted by Gasteiger charge is -2.29. The molecule has 2 amide bonds. The van der Waals surface area contributed by atoms with E-state index in [9.17, 15) is 14.0 Å². The Morgan fingerprint density at radius 3 is 2.60 bits per heavy atom. The Balaban J connectivity index is 1.65. The van der Waals surface area contributed by atoms with Crippen molar-refractivity contribution in [2.24, 2.45) is 0 Å². The van der Waals surface area contributed by atoms with Gasteiger partial charge in [-0.2, -0.15) is 0 Å². The third-order valence-electron chi connectivity index (χ3n) is 5.56. The summed E-state index contributed by atoms with van der Waals surface area (Å²) in [5.74, 6) is -0.119. The number of amides is 2. The standard InChI is InChI=1S/C22H23FN2O4S/c1-22(2)18(19(26)24-11-12-7-5-6-8-14(12)23)25-20(27)16-13(21(25)30-22)9-10-15(28-3)17(16)29-4/h5-10,18,21H,11H2,1-4H3,(H,24,26). The number of nitrogens with one attached hydrogen (secondary N) is 1. The number of hydrogen-bond donors (Lipinski definition) is 1. The smallest absolute Gasteiger partial charge is 0.260 e. The number of thioether (sulfide) groups is 1. The van der Waals surface area contributed by atoms with Gasteiger partial charge in [0, 0.05) is 22.4 Å². The minimum absolute atomic E-state index is 0.0551. The van der Waals surface area contributed by atoms with E-state index < -0.39 is 10.8 Å². The number of nitrogens with zero attached hydrogens (tertiary/aromatic N) is 1. The monoisotopic (exact) mass is 430 g/mol. The first-order chi connectivity index (χ1) is 14.3. The van der Waals surface area contributed by atoms with E-state index in [0.29, 0.717) is 22.6 Å². The highest BCUT2D eigenvalue weighted by atomic mass is 32.2. The Morgan fingerprint density at radius 2 is 1.93 bits per heavy atom. The summed E-state index contributed by atoms with van der Waals surface area (Å²) < 4.78 is 24.2. The van der Waals surface area contributed by atoms with E-state index in [1.165, 1.54) is 20.3 Å². The molecule has 2 atom stereocenters. The van der Waals surface area contributed by atoms with E-state index in [-0.39, 0.29) is 29.6 Å². The van der Waals surface area contributed by atoms with E-state index in [4.69, 9.17) is 9.47 Å². The fourth-order valence-electron chi connectivity index (χ4n) is 4.18. The van der Waals surface area contributed by atoms with Gasteiger partial charge in [-0.15, -0.1) is 11.8 Å². The third kappa shape index (κ3) is 3.10. The quantitative estimate of drug-likeness (QED) is 0.786. The molecule has 6 nitrogen and oxygen atoms in total. The van der Waals surface area contributed by atoms with Crippen LogP contribution in [0.2, 0.25) is 0 Å². The van der Waals surface area contributed by atoms with Gasteiger partial charge in [-0.1, -0.05) is 24.3 Å². The van der Waals surface area contributed by atoms with Crippen molar-refractivity contribution in [2.75, 3.05) is 14.2 Å². The minimum atomic E-state index is -0.713. The summed E-state index contributed by atoms with van der Waals surface area (Å²) in [6.45, 7) is 3.94. The third-order valence-corrected chi connectivity index (χ3v) is 7.09. The molecule has 0 spiro atoms. The molecule has 0 aromatic heterocycles. The molecule has 1 N–H and O–H groups in total. The summed E-state index contributed by atoms with van der Waals surface area (Å²) in [5.41, 5.74) is 1.63. The zero-order valence-electron chi connectivity index (χ0n) is 17.2. The first kappa shape index (κ1) is 20.5. The second kappa shape index (κ2) is 7.50. The average molecular weight is 431 g/mol. The summed E-state index contributed by atoms with van der Waals surface area (Å²) in [4.78, 5) is 28.2. The summed E-state index contributed by atoms with van der Waals surface area (Å²) in [5, 5.41) is 2.51. The fraction of sp³-hybridized carbons (Fsp3) is 0.364. The van der Waals surface area contributed by atoms with Crippen LogP contribution in [0.25, 0.3) is 0 Å². The molecule has 158 valence electrons. The van der Waals surface area contributed by atoms with Gasteiger partial charge in [0.2, 0.25) is 5.91 Å². The van der Waals surface area contributed by atoms with Gasteiger partial charge in [-0.25, -0.2) is 4.39 Å². The Labute approximate surface area is 178 Å². The van der Waals surface area contributed by atoms with E-state index in [1.54, 1.807) is 40.9 Å². The fourth-order valence-corrected chi connectivity index (χ4v) is 5.76. The second-order valence-electron chi connectivity index (χ2n) is 7.76. The van der Waals surface area contributed by atoms with Crippen LogP contribution in [-0.2, 0) is 11.3 Å². The highest BCUT2D eigenvalue weighted by molar-refractivity contribution is 8.01. The molecule has 2 aromatic carbocycles. The van der Waals surface area contributed by atoms with Gasteiger partial charge in [-0.3, -0.25) is 9.59 Å². The number of fused-ring (bicyclic) bond motifs is 3. The number of carbonyl (C=O) groups excluding carboxylic acids is 2. The van der Waals surface area contributed by atoms with Crippen molar-refractivity contribution in [3.8, 4) is 11.5 Å². The van der Waals surface area contributed by atoms with Crippen LogP contribution >= 0.6 is 11.8 Å². The number of ether oxygens (including phenoxy) is 2. The van der Waals surface area contributed by atoms with E-state index in [1.807, 2.05) is 19.9 Å². The molecule has 4 rings (SSSR count). The van der Waals surface area contributed by atoms with Crippen LogP contribution in [-0.4, -0.2) is 41.7 Å². The van der Waals surface area contributed by atoms with Gasteiger partial charge in [0.25, 0.3) is 5.91 Å². The normalized spacial score (nSPS) is 21.2.